The number of nitrogens with zero attached hydrogens (tertiary/aromatic N) is 1. The highest BCUT2D eigenvalue weighted by Gasteiger charge is 2.23. The van der Waals surface area contributed by atoms with E-state index in [2.05, 4.69) is 18.3 Å². The van der Waals surface area contributed by atoms with Crippen molar-refractivity contribution in [2.24, 2.45) is 22.7 Å². The molecular formula is C14H24N2O3. The van der Waals surface area contributed by atoms with Crippen molar-refractivity contribution >= 4 is 5.71 Å². The van der Waals surface area contributed by atoms with Gasteiger partial charge in [0.2, 0.25) is 0 Å². The van der Waals surface area contributed by atoms with Crippen molar-refractivity contribution in [1.82, 2.24) is 0 Å². The lowest BCUT2D eigenvalue weighted by Crippen LogP contribution is -2.27. The summed E-state index contributed by atoms with van der Waals surface area (Å²) >= 11 is 0. The zero-order valence-electron chi connectivity index (χ0n) is 11.3. The zero-order valence-corrected chi connectivity index (χ0v) is 11.3. The minimum absolute atomic E-state index is 0.239. The average molecular weight is 268 g/mol. The molecule has 0 spiro atoms. The number of rotatable bonds is 4. The highest BCUT2D eigenvalue weighted by Crippen LogP contribution is 2.15. The molecule has 3 atom stereocenters. The van der Waals surface area contributed by atoms with Crippen LogP contribution in [0.5, 0.6) is 0 Å². The fourth-order valence-corrected chi connectivity index (χ4v) is 2.11. The molecule has 2 fully saturated rings. The first-order valence-corrected chi connectivity index (χ1v) is 6.56. The van der Waals surface area contributed by atoms with Gasteiger partial charge in [-0.15, -0.1) is 13.2 Å². The molecule has 0 radical (unpaired) electrons. The second-order valence-electron chi connectivity index (χ2n) is 4.81. The summed E-state index contributed by atoms with van der Waals surface area (Å²) in [6, 6.07) is 0.239. The maximum absolute atomic E-state index is 8.44. The third-order valence-corrected chi connectivity index (χ3v) is 3.34. The van der Waals surface area contributed by atoms with E-state index < -0.39 is 0 Å². The van der Waals surface area contributed by atoms with Gasteiger partial charge in [0.1, 0.15) is 0 Å². The number of nitrogens with two attached hydrogens (primary N) is 1. The predicted molar refractivity (Wildman–Crippen MR) is 75.4 cm³/mol. The zero-order chi connectivity index (χ0) is 14.1. The summed E-state index contributed by atoms with van der Waals surface area (Å²) in [6.45, 7) is 9.91. The van der Waals surface area contributed by atoms with E-state index >= 15 is 0 Å². The van der Waals surface area contributed by atoms with Crippen LogP contribution in [0.1, 0.15) is 12.8 Å². The van der Waals surface area contributed by atoms with Gasteiger partial charge >= 0.3 is 0 Å². The largest absolute Gasteiger partial charge is 0.411 e. The van der Waals surface area contributed by atoms with Gasteiger partial charge in [0.25, 0.3) is 0 Å². The first-order chi connectivity index (χ1) is 9.22. The van der Waals surface area contributed by atoms with Gasteiger partial charge in [-0.2, -0.15) is 0 Å². The van der Waals surface area contributed by atoms with E-state index in [4.69, 9.17) is 20.4 Å². The van der Waals surface area contributed by atoms with Crippen LogP contribution in [0.25, 0.3) is 0 Å². The molecule has 0 saturated carbocycles. The summed E-state index contributed by atoms with van der Waals surface area (Å²) in [5, 5.41) is 11.6. The molecule has 2 aliphatic rings. The molecule has 108 valence electrons. The normalized spacial score (nSPS) is 31.8. The van der Waals surface area contributed by atoms with E-state index in [0.717, 1.165) is 31.8 Å². The standard InChI is InChI=1S/C7H11NO2.C7H13NO/c1-2-3-6-4-10-5-7(6)8-9;1-2-3-6-4-9-5-7(6)8/h2,6,9H,1,3-5H2;2,6-7H,1,3-5,8H2/b8-7+;. The molecule has 0 aliphatic carbocycles. The van der Waals surface area contributed by atoms with Gasteiger partial charge < -0.3 is 20.4 Å². The molecule has 0 amide bonds. The summed E-state index contributed by atoms with van der Waals surface area (Å²) in [4.78, 5) is 0. The smallest absolute Gasteiger partial charge is 0.0886 e. The van der Waals surface area contributed by atoms with E-state index in [1.807, 2.05) is 12.2 Å². The van der Waals surface area contributed by atoms with Crippen molar-refractivity contribution in [3.8, 4) is 0 Å². The Hall–Kier alpha value is -1.17. The molecule has 5 nitrogen and oxygen atoms in total. The Kier molecular flexibility index (Phi) is 7.40. The van der Waals surface area contributed by atoms with Crippen molar-refractivity contribution in [3.05, 3.63) is 25.3 Å². The molecule has 0 aromatic heterocycles. The van der Waals surface area contributed by atoms with Crippen LogP contribution < -0.4 is 5.73 Å². The minimum Gasteiger partial charge on any atom is -0.411 e. The maximum atomic E-state index is 8.44. The quantitative estimate of drug-likeness (QED) is 0.461. The molecule has 0 aromatic carbocycles. The highest BCUT2D eigenvalue weighted by atomic mass is 16.5. The van der Waals surface area contributed by atoms with Crippen LogP contribution in [0.3, 0.4) is 0 Å². The van der Waals surface area contributed by atoms with Gasteiger partial charge in [0.15, 0.2) is 0 Å². The molecule has 2 rings (SSSR count). The first kappa shape index (κ1) is 15.9. The Bertz CT molecular complexity index is 318. The molecule has 5 heteroatoms. The van der Waals surface area contributed by atoms with Gasteiger partial charge in [-0.3, -0.25) is 0 Å². The number of hydrogen-bond donors (Lipinski definition) is 2. The number of allylic oxidation sites excluding steroid dienone is 2. The monoisotopic (exact) mass is 268 g/mol. The van der Waals surface area contributed by atoms with Gasteiger partial charge in [0.05, 0.1) is 32.1 Å². The van der Waals surface area contributed by atoms with E-state index in [1.54, 1.807) is 0 Å². The lowest BCUT2D eigenvalue weighted by molar-refractivity contribution is 0.184. The fraction of sp³-hybridized carbons (Fsp3) is 0.643. The first-order valence-electron chi connectivity index (χ1n) is 6.56. The Morgan fingerprint density at radius 3 is 2.47 bits per heavy atom. The molecule has 19 heavy (non-hydrogen) atoms. The van der Waals surface area contributed by atoms with Crippen LogP contribution in [-0.4, -0.2) is 43.4 Å². The number of hydrogen-bond acceptors (Lipinski definition) is 5. The molecular weight excluding hydrogens is 244 g/mol. The van der Waals surface area contributed by atoms with Crippen LogP contribution in [-0.2, 0) is 9.47 Å². The van der Waals surface area contributed by atoms with Crippen molar-refractivity contribution in [2.45, 2.75) is 18.9 Å². The van der Waals surface area contributed by atoms with Crippen LogP contribution >= 0.6 is 0 Å². The van der Waals surface area contributed by atoms with Crippen molar-refractivity contribution in [3.63, 3.8) is 0 Å². The predicted octanol–water partition coefficient (Wildman–Crippen LogP) is 1.58. The lowest BCUT2D eigenvalue weighted by Gasteiger charge is -2.08. The Morgan fingerprint density at radius 2 is 1.95 bits per heavy atom. The van der Waals surface area contributed by atoms with Gasteiger partial charge in [-0.25, -0.2) is 0 Å². The molecule has 3 N–H and O–H groups in total. The Morgan fingerprint density at radius 1 is 1.21 bits per heavy atom. The summed E-state index contributed by atoms with van der Waals surface area (Å²) < 4.78 is 10.2. The number of oxime groups is 1. The van der Waals surface area contributed by atoms with Crippen LogP contribution in [0.4, 0.5) is 0 Å². The van der Waals surface area contributed by atoms with Gasteiger partial charge in [0, 0.05) is 17.9 Å². The third kappa shape index (κ3) is 5.14. The van der Waals surface area contributed by atoms with E-state index in [0.29, 0.717) is 19.1 Å². The molecule has 2 aliphatic heterocycles. The van der Waals surface area contributed by atoms with E-state index in [-0.39, 0.29) is 12.0 Å². The summed E-state index contributed by atoms with van der Waals surface area (Å²) in [7, 11) is 0. The van der Waals surface area contributed by atoms with E-state index in [1.165, 1.54) is 0 Å². The summed E-state index contributed by atoms with van der Waals surface area (Å²) in [5.41, 5.74) is 6.43. The Labute approximate surface area is 114 Å². The Balaban J connectivity index is 0.000000191. The second-order valence-corrected chi connectivity index (χ2v) is 4.81. The van der Waals surface area contributed by atoms with Crippen molar-refractivity contribution in [2.75, 3.05) is 26.4 Å². The topological polar surface area (TPSA) is 77.1 Å². The highest BCUT2D eigenvalue weighted by molar-refractivity contribution is 5.89. The second kappa shape index (κ2) is 8.85. The minimum atomic E-state index is 0.239. The SMILES string of the molecule is C=CCC1COC/C1=N\O.C=CCC1COCC1N. The average Bonchev–Trinajstić information content (AvgIpc) is 3.01. The van der Waals surface area contributed by atoms with E-state index in [9.17, 15) is 0 Å². The van der Waals surface area contributed by atoms with Crippen molar-refractivity contribution < 1.29 is 14.7 Å². The van der Waals surface area contributed by atoms with Gasteiger partial charge in [-0.1, -0.05) is 17.3 Å². The third-order valence-electron chi connectivity index (χ3n) is 3.34. The van der Waals surface area contributed by atoms with Crippen molar-refractivity contribution in [1.29, 1.82) is 0 Å². The molecule has 0 bridgehead atoms. The maximum Gasteiger partial charge on any atom is 0.0886 e. The number of ether oxygens (including phenoxy) is 2. The molecule has 2 heterocycles. The molecule has 0 aromatic rings. The lowest BCUT2D eigenvalue weighted by atomic mass is 10.0. The fourth-order valence-electron chi connectivity index (χ4n) is 2.11. The van der Waals surface area contributed by atoms with Crippen LogP contribution in [0.2, 0.25) is 0 Å². The van der Waals surface area contributed by atoms with Gasteiger partial charge in [-0.05, 0) is 12.8 Å². The van der Waals surface area contributed by atoms with Crippen LogP contribution in [0, 0.1) is 11.8 Å². The summed E-state index contributed by atoms with van der Waals surface area (Å²) in [6.07, 6.45) is 5.53. The molecule has 2 saturated heterocycles. The molecule has 3 unspecified atom stereocenters. The summed E-state index contributed by atoms with van der Waals surface area (Å²) in [5.74, 6) is 0.769. The van der Waals surface area contributed by atoms with Crippen LogP contribution in [0.15, 0.2) is 30.5 Å².